The Hall–Kier alpha value is -3.36. The number of nitrogens with one attached hydrogen (secondary N) is 3. The van der Waals surface area contributed by atoms with Crippen molar-refractivity contribution in [3.8, 4) is 5.75 Å². The second-order valence-corrected chi connectivity index (χ2v) is 8.02. The summed E-state index contributed by atoms with van der Waals surface area (Å²) in [5, 5.41) is 5.82. The Kier molecular flexibility index (Phi) is 9.72. The van der Waals surface area contributed by atoms with Gasteiger partial charge >= 0.3 is 5.97 Å². The van der Waals surface area contributed by atoms with Crippen molar-refractivity contribution in [2.75, 3.05) is 26.1 Å². The molecule has 2 atom stereocenters. The Balaban J connectivity index is 2.00. The maximum absolute atomic E-state index is 13.0. The number of carbonyl (C=O) groups excluding carboxylic acids is 3. The number of anilines is 1. The smallest absolute Gasteiger partial charge is 0.328 e. The minimum atomic E-state index is -0.868. The number of benzene rings is 1. The van der Waals surface area contributed by atoms with Crippen LogP contribution in [0, 0.1) is 11.8 Å². The number of aromatic nitrogens is 2. The van der Waals surface area contributed by atoms with Crippen LogP contribution in [-0.4, -0.2) is 54.4 Å². The standard InChI is InChI=1S/C23H32N4O5/c1-15(2)8-16(9-19(28)13-25-17-6-5-7-20(10-17)31-3)22(29)27-21(23(30)32-4)11-18-12-24-14-26-18/h5-7,10,12,14-16,21,25H,8-9,11,13H2,1-4H3,(H,24,26)(H,27,29)/t16-,21+/m1/s1. The summed E-state index contributed by atoms with van der Waals surface area (Å²) in [6.45, 7) is 4.06. The number of aromatic amines is 1. The van der Waals surface area contributed by atoms with Crippen molar-refractivity contribution in [2.45, 2.75) is 39.2 Å². The summed E-state index contributed by atoms with van der Waals surface area (Å²) in [4.78, 5) is 44.7. The molecule has 9 heteroatoms. The normalized spacial score (nSPS) is 12.7. The highest BCUT2D eigenvalue weighted by Crippen LogP contribution is 2.19. The molecule has 0 aliphatic heterocycles. The SMILES string of the molecule is COC(=O)[C@H](Cc1cnc[nH]1)NC(=O)[C@@H](CC(=O)CNc1cccc(OC)c1)CC(C)C. The second kappa shape index (κ2) is 12.5. The molecule has 2 rings (SSSR count). The minimum absolute atomic E-state index is 0.0684. The maximum atomic E-state index is 13.0. The van der Waals surface area contributed by atoms with Crippen LogP contribution < -0.4 is 15.4 Å². The van der Waals surface area contributed by atoms with Crippen LogP contribution in [0.4, 0.5) is 5.69 Å². The number of hydrogen-bond acceptors (Lipinski definition) is 7. The van der Waals surface area contributed by atoms with Crippen LogP contribution in [0.5, 0.6) is 5.75 Å². The molecule has 0 fully saturated rings. The van der Waals surface area contributed by atoms with Crippen LogP contribution in [-0.2, 0) is 25.5 Å². The molecule has 0 bridgehead atoms. The summed E-state index contributed by atoms with van der Waals surface area (Å²) < 4.78 is 10.0. The molecule has 1 aromatic heterocycles. The summed E-state index contributed by atoms with van der Waals surface area (Å²) in [6.07, 6.45) is 3.90. The first-order valence-corrected chi connectivity index (χ1v) is 10.6. The number of nitrogens with zero attached hydrogens (tertiary/aromatic N) is 1. The lowest BCUT2D eigenvalue weighted by atomic mass is 9.91. The van der Waals surface area contributed by atoms with Crippen molar-refractivity contribution < 1.29 is 23.9 Å². The summed E-state index contributed by atoms with van der Waals surface area (Å²) in [7, 11) is 2.85. The van der Waals surface area contributed by atoms with Gasteiger partial charge in [0.05, 0.1) is 27.1 Å². The third-order valence-electron chi connectivity index (χ3n) is 4.94. The van der Waals surface area contributed by atoms with E-state index in [1.807, 2.05) is 32.0 Å². The first kappa shape index (κ1) is 24.9. The second-order valence-electron chi connectivity index (χ2n) is 8.02. The monoisotopic (exact) mass is 444 g/mol. The predicted molar refractivity (Wildman–Crippen MR) is 120 cm³/mol. The van der Waals surface area contributed by atoms with Crippen LogP contribution in [0.2, 0.25) is 0 Å². The van der Waals surface area contributed by atoms with Gasteiger partial charge in [0.1, 0.15) is 11.8 Å². The first-order chi connectivity index (χ1) is 15.3. The van der Waals surface area contributed by atoms with Crippen LogP contribution in [0.3, 0.4) is 0 Å². The van der Waals surface area contributed by atoms with E-state index in [2.05, 4.69) is 20.6 Å². The topological polar surface area (TPSA) is 122 Å². The Bertz CT molecular complexity index is 882. The van der Waals surface area contributed by atoms with Gasteiger partial charge in [0.15, 0.2) is 5.78 Å². The molecule has 0 unspecified atom stereocenters. The molecule has 0 aliphatic carbocycles. The van der Waals surface area contributed by atoms with Gasteiger partial charge in [0, 0.05) is 42.4 Å². The number of Topliss-reactive ketones (excluding diaryl/α,β-unsaturated/α-hetero) is 1. The molecule has 1 amide bonds. The molecular weight excluding hydrogens is 412 g/mol. The number of hydrogen-bond donors (Lipinski definition) is 3. The fourth-order valence-corrected chi connectivity index (χ4v) is 3.37. The van der Waals surface area contributed by atoms with Gasteiger partial charge in [-0.3, -0.25) is 9.59 Å². The van der Waals surface area contributed by atoms with E-state index in [4.69, 9.17) is 9.47 Å². The molecule has 3 N–H and O–H groups in total. The van der Waals surface area contributed by atoms with Crippen LogP contribution in [0.1, 0.15) is 32.4 Å². The van der Waals surface area contributed by atoms with Crippen molar-refractivity contribution in [1.29, 1.82) is 0 Å². The van der Waals surface area contributed by atoms with Crippen molar-refractivity contribution >= 4 is 23.3 Å². The zero-order chi connectivity index (χ0) is 23.5. The summed E-state index contributed by atoms with van der Waals surface area (Å²) in [5.41, 5.74) is 1.45. The van der Waals surface area contributed by atoms with E-state index in [9.17, 15) is 14.4 Å². The Morgan fingerprint density at radius 2 is 1.97 bits per heavy atom. The zero-order valence-electron chi connectivity index (χ0n) is 19.0. The molecule has 1 heterocycles. The van der Waals surface area contributed by atoms with E-state index in [0.717, 1.165) is 5.69 Å². The first-order valence-electron chi connectivity index (χ1n) is 10.6. The molecule has 0 radical (unpaired) electrons. The molecule has 2 aromatic rings. The molecule has 0 saturated heterocycles. The number of rotatable bonds is 13. The van der Waals surface area contributed by atoms with Gasteiger partial charge < -0.3 is 25.1 Å². The van der Waals surface area contributed by atoms with Crippen molar-refractivity contribution in [2.24, 2.45) is 11.8 Å². The quantitative estimate of drug-likeness (QED) is 0.405. The van der Waals surface area contributed by atoms with Gasteiger partial charge in [-0.2, -0.15) is 0 Å². The highest BCUT2D eigenvalue weighted by atomic mass is 16.5. The largest absolute Gasteiger partial charge is 0.497 e. The van der Waals surface area contributed by atoms with Gasteiger partial charge in [-0.05, 0) is 24.5 Å². The van der Waals surface area contributed by atoms with Gasteiger partial charge in [-0.25, -0.2) is 9.78 Å². The van der Waals surface area contributed by atoms with E-state index in [0.29, 0.717) is 17.9 Å². The summed E-state index contributed by atoms with van der Waals surface area (Å²) >= 11 is 0. The molecule has 0 aliphatic rings. The fourth-order valence-electron chi connectivity index (χ4n) is 3.37. The highest BCUT2D eigenvalue weighted by Gasteiger charge is 2.28. The number of esters is 1. The van der Waals surface area contributed by atoms with Gasteiger partial charge in [-0.15, -0.1) is 0 Å². The number of ketones is 1. The molecular formula is C23H32N4O5. The summed E-state index contributed by atoms with van der Waals surface area (Å²) in [5.74, 6) is -0.661. The maximum Gasteiger partial charge on any atom is 0.328 e. The Labute approximate surface area is 188 Å². The number of ether oxygens (including phenoxy) is 2. The van der Waals surface area contributed by atoms with Gasteiger partial charge in [0.2, 0.25) is 5.91 Å². The zero-order valence-corrected chi connectivity index (χ0v) is 19.0. The van der Waals surface area contributed by atoms with Crippen molar-refractivity contribution in [3.05, 3.63) is 42.5 Å². The number of carbonyl (C=O) groups is 3. The number of imidazole rings is 1. The molecule has 1 aromatic carbocycles. The van der Waals surface area contributed by atoms with E-state index in [-0.39, 0.29) is 37.0 Å². The molecule has 0 spiro atoms. The lowest BCUT2D eigenvalue weighted by molar-refractivity contribution is -0.145. The molecule has 0 saturated carbocycles. The number of H-pyrrole nitrogens is 1. The lowest BCUT2D eigenvalue weighted by Crippen LogP contribution is -2.46. The van der Waals surface area contributed by atoms with Crippen LogP contribution in [0.15, 0.2) is 36.8 Å². The molecule has 32 heavy (non-hydrogen) atoms. The number of methoxy groups -OCH3 is 2. The molecule has 9 nitrogen and oxygen atoms in total. The van der Waals surface area contributed by atoms with E-state index in [1.165, 1.54) is 13.4 Å². The predicted octanol–water partition coefficient (Wildman–Crippen LogP) is 2.35. The lowest BCUT2D eigenvalue weighted by Gasteiger charge is -2.22. The molecule has 174 valence electrons. The van der Waals surface area contributed by atoms with Crippen LogP contribution in [0.25, 0.3) is 0 Å². The average molecular weight is 445 g/mol. The highest BCUT2D eigenvalue weighted by molar-refractivity contribution is 5.91. The van der Waals surface area contributed by atoms with Crippen molar-refractivity contribution in [1.82, 2.24) is 15.3 Å². The van der Waals surface area contributed by atoms with E-state index < -0.39 is 17.9 Å². The minimum Gasteiger partial charge on any atom is -0.497 e. The Morgan fingerprint density at radius 1 is 1.19 bits per heavy atom. The third kappa shape index (κ3) is 8.05. The van der Waals surface area contributed by atoms with Gasteiger partial charge in [-0.1, -0.05) is 19.9 Å². The van der Waals surface area contributed by atoms with E-state index >= 15 is 0 Å². The number of amides is 1. The van der Waals surface area contributed by atoms with E-state index in [1.54, 1.807) is 19.4 Å². The third-order valence-corrected chi connectivity index (χ3v) is 4.94. The summed E-state index contributed by atoms with van der Waals surface area (Å²) in [6, 6.07) is 6.41. The average Bonchev–Trinajstić information content (AvgIpc) is 3.29. The van der Waals surface area contributed by atoms with Gasteiger partial charge in [0.25, 0.3) is 0 Å². The van der Waals surface area contributed by atoms with Crippen molar-refractivity contribution in [3.63, 3.8) is 0 Å². The fraction of sp³-hybridized carbons (Fsp3) is 0.478. The van der Waals surface area contributed by atoms with Crippen LogP contribution >= 0.6 is 0 Å². The Morgan fingerprint density at radius 3 is 2.59 bits per heavy atom.